The lowest BCUT2D eigenvalue weighted by Crippen LogP contribution is -2.44. The summed E-state index contributed by atoms with van der Waals surface area (Å²) in [5.74, 6) is -6.27. The van der Waals surface area contributed by atoms with E-state index in [4.69, 9.17) is 27.9 Å². The highest BCUT2D eigenvalue weighted by Gasteiger charge is 2.54. The van der Waals surface area contributed by atoms with Gasteiger partial charge >= 0.3 is 23.9 Å². The monoisotopic (exact) mass is 583 g/mol. The number of ether oxygens (including phenoxy) is 1. The molecular weight excluding hydrogens is 563 g/mol. The van der Waals surface area contributed by atoms with Crippen LogP contribution in [0.1, 0.15) is 23.5 Å². The van der Waals surface area contributed by atoms with Crippen LogP contribution in [0, 0.1) is 0 Å². The van der Waals surface area contributed by atoms with Crippen LogP contribution < -0.4 is 15.5 Å². The Kier molecular flexibility index (Phi) is 8.17. The van der Waals surface area contributed by atoms with Gasteiger partial charge in [-0.05, 0) is 48.9 Å². The first-order valence-electron chi connectivity index (χ1n) is 11.4. The van der Waals surface area contributed by atoms with Gasteiger partial charge in [0, 0.05) is 47.0 Å². The quantitative estimate of drug-likeness (QED) is 0.352. The normalized spacial score (nSPS) is 20.5. The molecule has 14 heteroatoms. The van der Waals surface area contributed by atoms with Gasteiger partial charge in [0.1, 0.15) is 0 Å². The molecule has 2 aromatic carbocycles. The van der Waals surface area contributed by atoms with Crippen LogP contribution in [0.2, 0.25) is 10.0 Å². The molecule has 0 unspecified atom stereocenters. The Bertz CT molecular complexity index is 1210. The number of hydrogen-bond donors (Lipinski definition) is 2. The van der Waals surface area contributed by atoms with Crippen LogP contribution in [0.4, 0.5) is 43.4 Å². The topological polar surface area (TPSA) is 70.7 Å². The molecule has 38 heavy (non-hydrogen) atoms. The minimum Gasteiger partial charge on any atom is -0.375 e. The molecule has 0 aliphatic carbocycles. The van der Waals surface area contributed by atoms with Crippen LogP contribution in [0.5, 0.6) is 0 Å². The lowest BCUT2D eigenvalue weighted by molar-refractivity contribution is -0.193. The van der Waals surface area contributed by atoms with E-state index in [1.807, 2.05) is 12.1 Å². The lowest BCUT2D eigenvalue weighted by atomic mass is 9.89. The number of carbonyl (C=O) groups is 2. The van der Waals surface area contributed by atoms with Crippen LogP contribution in [0.25, 0.3) is 0 Å². The number of alkyl halides is 6. The summed E-state index contributed by atoms with van der Waals surface area (Å²) >= 11 is 12.4. The highest BCUT2D eigenvalue weighted by molar-refractivity contribution is 6.41. The second-order valence-corrected chi connectivity index (χ2v) is 9.73. The summed E-state index contributed by atoms with van der Waals surface area (Å²) in [6.07, 6.45) is -10.4. The fraction of sp³-hybridized carbons (Fsp3) is 0.417. The van der Waals surface area contributed by atoms with E-state index in [-0.39, 0.29) is 0 Å². The van der Waals surface area contributed by atoms with Gasteiger partial charge in [-0.15, -0.1) is 0 Å². The van der Waals surface area contributed by atoms with Crippen molar-refractivity contribution in [2.75, 3.05) is 36.5 Å². The second-order valence-electron chi connectivity index (χ2n) is 8.89. The highest BCUT2D eigenvalue weighted by Crippen LogP contribution is 2.47. The summed E-state index contributed by atoms with van der Waals surface area (Å²) in [6.45, 7) is 4.57. The summed E-state index contributed by atoms with van der Waals surface area (Å²) in [7, 11) is 0. The molecule has 0 aromatic heterocycles. The number of nitrogens with one attached hydrogen (secondary N) is 2. The van der Waals surface area contributed by atoms with Gasteiger partial charge in [0.15, 0.2) is 0 Å². The molecular formula is C24H21Cl2F6N3O3. The zero-order chi connectivity index (χ0) is 27.8. The molecule has 0 saturated carbocycles. The Balaban J connectivity index is 0.000000240. The summed E-state index contributed by atoms with van der Waals surface area (Å²) in [5.41, 5.74) is 6.01. The maximum absolute atomic E-state index is 11.2. The van der Waals surface area contributed by atoms with E-state index in [1.165, 1.54) is 23.2 Å². The van der Waals surface area contributed by atoms with Crippen molar-refractivity contribution < 1.29 is 40.7 Å². The predicted octanol–water partition coefficient (Wildman–Crippen LogP) is 5.78. The lowest BCUT2D eigenvalue weighted by Gasteiger charge is -2.33. The number of ketones is 2. The summed E-state index contributed by atoms with van der Waals surface area (Å²) in [6, 6.07) is 10.6. The number of fused-ring (bicyclic) bond motifs is 3. The molecule has 6 nitrogen and oxygen atoms in total. The minimum absolute atomic E-state index is 0.540. The molecule has 0 bridgehead atoms. The first-order chi connectivity index (χ1) is 17.8. The van der Waals surface area contributed by atoms with Gasteiger partial charge in [0.2, 0.25) is 0 Å². The van der Waals surface area contributed by atoms with Crippen molar-refractivity contribution in [3.8, 4) is 0 Å². The summed E-state index contributed by atoms with van der Waals surface area (Å²) in [5, 5.41) is 8.31. The van der Waals surface area contributed by atoms with E-state index in [0.717, 1.165) is 37.6 Å². The van der Waals surface area contributed by atoms with Crippen molar-refractivity contribution in [2.24, 2.45) is 0 Å². The molecule has 0 spiro atoms. The molecule has 5 rings (SSSR count). The third-order valence-electron chi connectivity index (χ3n) is 6.42. The molecule has 3 aliphatic heterocycles. The maximum atomic E-state index is 11.2. The molecule has 3 aliphatic rings. The van der Waals surface area contributed by atoms with Crippen LogP contribution in [0.3, 0.4) is 0 Å². The van der Waals surface area contributed by atoms with E-state index in [1.54, 1.807) is 6.07 Å². The predicted molar refractivity (Wildman–Crippen MR) is 129 cm³/mol. The molecule has 3 heterocycles. The van der Waals surface area contributed by atoms with Gasteiger partial charge in [-0.3, -0.25) is 9.59 Å². The number of carbonyl (C=O) groups excluding carboxylic acids is 2. The Hall–Kier alpha value is -2.54. The average molecular weight is 584 g/mol. The fourth-order valence-corrected chi connectivity index (χ4v) is 5.32. The van der Waals surface area contributed by atoms with Crippen molar-refractivity contribution in [3.05, 3.63) is 51.5 Å². The Morgan fingerprint density at radius 1 is 1.03 bits per heavy atom. The van der Waals surface area contributed by atoms with E-state index < -0.39 is 23.9 Å². The van der Waals surface area contributed by atoms with Gasteiger partial charge in [0.25, 0.3) is 0 Å². The zero-order valence-corrected chi connectivity index (χ0v) is 21.0. The van der Waals surface area contributed by atoms with E-state index in [2.05, 4.69) is 27.7 Å². The number of nitrogens with zero attached hydrogens (tertiary/aromatic N) is 1. The van der Waals surface area contributed by atoms with Gasteiger partial charge in [-0.25, -0.2) is 0 Å². The number of halogens is 8. The van der Waals surface area contributed by atoms with Crippen molar-refractivity contribution in [2.45, 2.75) is 37.3 Å². The van der Waals surface area contributed by atoms with Crippen LogP contribution in [-0.2, 0) is 20.9 Å². The third-order valence-corrected chi connectivity index (χ3v) is 6.96. The molecule has 2 aromatic rings. The van der Waals surface area contributed by atoms with Crippen molar-refractivity contribution in [1.82, 2.24) is 5.32 Å². The van der Waals surface area contributed by atoms with Crippen LogP contribution in [-0.4, -0.2) is 56.2 Å². The molecule has 206 valence electrons. The maximum Gasteiger partial charge on any atom is 0.458 e. The molecule has 0 amide bonds. The van der Waals surface area contributed by atoms with E-state index >= 15 is 0 Å². The molecule has 1 saturated heterocycles. The first-order valence-corrected chi connectivity index (χ1v) is 12.2. The number of rotatable bonds is 3. The Morgan fingerprint density at radius 3 is 2.34 bits per heavy atom. The summed E-state index contributed by atoms with van der Waals surface area (Å²) in [4.78, 5) is 21.8. The van der Waals surface area contributed by atoms with Gasteiger partial charge in [-0.1, -0.05) is 23.2 Å². The molecule has 2 atom stereocenters. The van der Waals surface area contributed by atoms with Crippen molar-refractivity contribution in [3.63, 3.8) is 0 Å². The smallest absolute Gasteiger partial charge is 0.375 e. The highest BCUT2D eigenvalue weighted by atomic mass is 35.5. The summed E-state index contributed by atoms with van der Waals surface area (Å²) < 4.78 is 72.8. The van der Waals surface area contributed by atoms with Crippen molar-refractivity contribution in [1.29, 1.82) is 0 Å². The Labute approximate surface area is 223 Å². The van der Waals surface area contributed by atoms with Gasteiger partial charge in [0.05, 0.1) is 23.9 Å². The first kappa shape index (κ1) is 28.5. The van der Waals surface area contributed by atoms with Crippen LogP contribution in [0.15, 0.2) is 30.3 Å². The standard InChI is InChI=1S/C20H21Cl2N3O.C4F6O2/c21-13-1-2-18(17(22)8-13)24-14-7-12-11-26-6-5-25-19-3-4-23-10-16(19)15(9-14)20(12)25;5-3(6,7)1(11)2(12)4(8,9)10/h1-2,7-9,16,19,23-24H,3-6,10-11H2;/t16-,19-;/m0./s1. The van der Waals surface area contributed by atoms with Gasteiger partial charge < -0.3 is 20.3 Å². The second kappa shape index (κ2) is 10.9. The zero-order valence-electron chi connectivity index (χ0n) is 19.5. The Morgan fingerprint density at radius 2 is 1.71 bits per heavy atom. The number of Topliss-reactive ketones (excluding diaryl/α,β-unsaturated/α-hetero) is 2. The minimum atomic E-state index is -5.77. The molecule has 1 fully saturated rings. The number of piperidine rings is 1. The van der Waals surface area contributed by atoms with Crippen molar-refractivity contribution >= 4 is 51.8 Å². The van der Waals surface area contributed by atoms with Crippen LogP contribution >= 0.6 is 23.2 Å². The number of anilines is 3. The number of hydrogen-bond acceptors (Lipinski definition) is 6. The largest absolute Gasteiger partial charge is 0.458 e. The molecule has 2 N–H and O–H groups in total. The average Bonchev–Trinajstić information content (AvgIpc) is 2.99. The van der Waals surface area contributed by atoms with E-state index in [0.29, 0.717) is 28.6 Å². The van der Waals surface area contributed by atoms with E-state index in [9.17, 15) is 35.9 Å². The fourth-order valence-electron chi connectivity index (χ4n) is 4.86. The number of benzene rings is 2. The van der Waals surface area contributed by atoms with Gasteiger partial charge in [-0.2, -0.15) is 26.3 Å². The SMILES string of the molecule is Clc1ccc(Nc2cc3c4c(c2)[C@@H]2CNCC[C@@H]2N4CCOC3)c(Cl)c1.O=C(C(=O)C(F)(F)F)C(F)(F)F. The third kappa shape index (κ3) is 6.03. The molecule has 0 radical (unpaired) electrons.